The molecule has 0 spiro atoms. The molecule has 0 unspecified atom stereocenters. The van der Waals surface area contributed by atoms with Gasteiger partial charge in [0.15, 0.2) is 0 Å². The Morgan fingerprint density at radius 3 is 2.47 bits per heavy atom. The van der Waals surface area contributed by atoms with E-state index in [9.17, 15) is 4.79 Å². The number of nitrogens with zero attached hydrogens (tertiary/aromatic N) is 1. The summed E-state index contributed by atoms with van der Waals surface area (Å²) in [6, 6.07) is 8.44. The average molecular weight is 326 g/mol. The van der Waals surface area contributed by atoms with Crippen LogP contribution in [0.4, 0.5) is 0 Å². The van der Waals surface area contributed by atoms with Gasteiger partial charge >= 0.3 is 0 Å². The number of unbranched alkanes of at least 4 members (excludes halogenated alkanes) is 1. The molecule has 0 aromatic heterocycles. The van der Waals surface area contributed by atoms with E-state index >= 15 is 0 Å². The molecule has 0 fully saturated rings. The number of alkyl halides is 1. The van der Waals surface area contributed by atoms with E-state index in [2.05, 4.69) is 54.0 Å². The Balaban J connectivity index is 2.56. The molecule has 0 radical (unpaired) electrons. The van der Waals surface area contributed by atoms with Gasteiger partial charge < -0.3 is 4.90 Å². The molecule has 0 aliphatic rings. The summed E-state index contributed by atoms with van der Waals surface area (Å²) in [7, 11) is 0. The Morgan fingerprint density at radius 2 is 1.89 bits per heavy atom. The maximum atomic E-state index is 12.2. The highest BCUT2D eigenvalue weighted by molar-refractivity contribution is 9.09. The number of aryl methyl sites for hydroxylation is 1. The first kappa shape index (κ1) is 16.2. The molecule has 106 valence electrons. The predicted octanol–water partition coefficient (Wildman–Crippen LogP) is 4.30. The number of hydrogen-bond acceptors (Lipinski definition) is 1. The number of carbonyl (C=O) groups is 1. The zero-order chi connectivity index (χ0) is 14.1. The van der Waals surface area contributed by atoms with Crippen LogP contribution in [0.15, 0.2) is 24.3 Å². The minimum Gasteiger partial charge on any atom is -0.338 e. The van der Waals surface area contributed by atoms with Crippen molar-refractivity contribution in [3.8, 4) is 0 Å². The van der Waals surface area contributed by atoms with Gasteiger partial charge in [-0.15, -0.1) is 0 Å². The summed E-state index contributed by atoms with van der Waals surface area (Å²) in [6.07, 6.45) is 3.71. The lowest BCUT2D eigenvalue weighted by Crippen LogP contribution is -2.31. The summed E-state index contributed by atoms with van der Waals surface area (Å²) in [4.78, 5) is 14.2. The molecular formula is C16H24BrNO. The molecule has 1 aromatic rings. The van der Waals surface area contributed by atoms with Gasteiger partial charge in [-0.2, -0.15) is 0 Å². The third-order valence-corrected chi connectivity index (χ3v) is 3.68. The second-order valence-corrected chi connectivity index (χ2v) is 5.74. The molecule has 1 aromatic carbocycles. The van der Waals surface area contributed by atoms with Crippen LogP contribution in [0, 0.1) is 6.92 Å². The van der Waals surface area contributed by atoms with Crippen molar-refractivity contribution in [2.75, 3.05) is 11.9 Å². The molecule has 0 heterocycles. The summed E-state index contributed by atoms with van der Waals surface area (Å²) >= 11 is 3.40. The number of hydrogen-bond donors (Lipinski definition) is 0. The second kappa shape index (κ2) is 9.13. The molecule has 0 saturated heterocycles. The quantitative estimate of drug-likeness (QED) is 0.515. The molecule has 0 aliphatic carbocycles. The van der Waals surface area contributed by atoms with E-state index in [0.717, 1.165) is 37.7 Å². The van der Waals surface area contributed by atoms with Crippen LogP contribution in [0.1, 0.15) is 43.7 Å². The fourth-order valence-electron chi connectivity index (χ4n) is 2.00. The van der Waals surface area contributed by atoms with E-state index in [1.54, 1.807) is 0 Å². The number of amides is 1. The molecule has 0 atom stereocenters. The maximum absolute atomic E-state index is 12.2. The van der Waals surface area contributed by atoms with Crippen LogP contribution in [0.5, 0.6) is 0 Å². The molecule has 0 N–H and O–H groups in total. The number of benzene rings is 1. The normalized spacial score (nSPS) is 10.5. The summed E-state index contributed by atoms with van der Waals surface area (Å²) < 4.78 is 0. The molecule has 3 heteroatoms. The highest BCUT2D eigenvalue weighted by Crippen LogP contribution is 2.10. The van der Waals surface area contributed by atoms with Gasteiger partial charge in [-0.25, -0.2) is 0 Å². The number of halogens is 1. The van der Waals surface area contributed by atoms with Gasteiger partial charge in [0.25, 0.3) is 0 Å². The third kappa shape index (κ3) is 6.24. The Bertz CT molecular complexity index is 375. The first-order chi connectivity index (χ1) is 9.17. The fraction of sp³-hybridized carbons (Fsp3) is 0.562. The van der Waals surface area contributed by atoms with Gasteiger partial charge in [0, 0.05) is 24.8 Å². The molecule has 0 saturated carbocycles. The monoisotopic (exact) mass is 325 g/mol. The third-order valence-electron chi connectivity index (χ3n) is 3.11. The van der Waals surface area contributed by atoms with Crippen molar-refractivity contribution < 1.29 is 4.79 Å². The van der Waals surface area contributed by atoms with E-state index in [4.69, 9.17) is 0 Å². The first-order valence-corrected chi connectivity index (χ1v) is 8.18. The van der Waals surface area contributed by atoms with E-state index in [0.29, 0.717) is 6.42 Å². The smallest absolute Gasteiger partial charge is 0.222 e. The van der Waals surface area contributed by atoms with Gasteiger partial charge in [-0.3, -0.25) is 4.79 Å². The van der Waals surface area contributed by atoms with Crippen LogP contribution < -0.4 is 0 Å². The minimum atomic E-state index is 0.281. The van der Waals surface area contributed by atoms with Crippen LogP contribution in [-0.4, -0.2) is 22.7 Å². The summed E-state index contributed by atoms with van der Waals surface area (Å²) in [5, 5.41) is 0.978. The average Bonchev–Trinajstić information content (AvgIpc) is 2.41. The Hall–Kier alpha value is -0.830. The lowest BCUT2D eigenvalue weighted by molar-refractivity contribution is -0.132. The molecule has 0 aliphatic heterocycles. The van der Waals surface area contributed by atoms with Crippen molar-refractivity contribution in [3.63, 3.8) is 0 Å². The van der Waals surface area contributed by atoms with Crippen molar-refractivity contribution in [2.24, 2.45) is 0 Å². The zero-order valence-corrected chi connectivity index (χ0v) is 13.6. The number of carbonyl (C=O) groups excluding carboxylic acids is 1. The van der Waals surface area contributed by atoms with E-state index in [1.807, 2.05) is 4.90 Å². The molecule has 1 rings (SSSR count). The van der Waals surface area contributed by atoms with Gasteiger partial charge in [0.05, 0.1) is 0 Å². The predicted molar refractivity (Wildman–Crippen MR) is 84.5 cm³/mol. The molecule has 1 amide bonds. The van der Waals surface area contributed by atoms with Crippen molar-refractivity contribution in [3.05, 3.63) is 35.4 Å². The first-order valence-electron chi connectivity index (χ1n) is 7.06. The lowest BCUT2D eigenvalue weighted by atomic mass is 10.1. The largest absolute Gasteiger partial charge is 0.338 e. The van der Waals surface area contributed by atoms with Gasteiger partial charge in [0.1, 0.15) is 0 Å². The van der Waals surface area contributed by atoms with Gasteiger partial charge in [-0.05, 0) is 31.7 Å². The highest BCUT2D eigenvalue weighted by atomic mass is 79.9. The molecule has 0 bridgehead atoms. The van der Waals surface area contributed by atoms with Crippen LogP contribution in [0.2, 0.25) is 0 Å². The second-order valence-electron chi connectivity index (χ2n) is 4.95. The van der Waals surface area contributed by atoms with E-state index in [1.165, 1.54) is 11.1 Å². The Labute approximate surface area is 125 Å². The number of rotatable bonds is 8. The fourth-order valence-corrected chi connectivity index (χ4v) is 2.40. The Kier molecular flexibility index (Phi) is 7.80. The maximum Gasteiger partial charge on any atom is 0.222 e. The summed E-state index contributed by atoms with van der Waals surface area (Å²) in [5.41, 5.74) is 2.47. The minimum absolute atomic E-state index is 0.281. The highest BCUT2D eigenvalue weighted by Gasteiger charge is 2.12. The molecular weight excluding hydrogens is 302 g/mol. The molecule has 2 nitrogen and oxygen atoms in total. The summed E-state index contributed by atoms with van der Waals surface area (Å²) in [5.74, 6) is 0.281. The van der Waals surface area contributed by atoms with Crippen LogP contribution >= 0.6 is 15.9 Å². The van der Waals surface area contributed by atoms with Crippen LogP contribution in [-0.2, 0) is 11.3 Å². The standard InChI is InChI=1S/C16H24BrNO/c1-3-12-18(16(19)6-4-5-11-17)13-15-9-7-14(2)8-10-15/h7-10H,3-6,11-13H2,1-2H3. The van der Waals surface area contributed by atoms with Crippen molar-refractivity contribution in [1.82, 2.24) is 4.90 Å². The van der Waals surface area contributed by atoms with Crippen LogP contribution in [0.25, 0.3) is 0 Å². The van der Waals surface area contributed by atoms with Gasteiger partial charge in [0.2, 0.25) is 5.91 Å². The van der Waals surface area contributed by atoms with Crippen molar-refractivity contribution >= 4 is 21.8 Å². The van der Waals surface area contributed by atoms with Crippen LogP contribution in [0.3, 0.4) is 0 Å². The van der Waals surface area contributed by atoms with E-state index < -0.39 is 0 Å². The summed E-state index contributed by atoms with van der Waals surface area (Å²) in [6.45, 7) is 5.79. The Morgan fingerprint density at radius 1 is 1.21 bits per heavy atom. The SMILES string of the molecule is CCCN(Cc1ccc(C)cc1)C(=O)CCCCBr. The van der Waals surface area contributed by atoms with Crippen molar-refractivity contribution in [2.45, 2.75) is 46.1 Å². The topological polar surface area (TPSA) is 20.3 Å². The molecule has 19 heavy (non-hydrogen) atoms. The van der Waals surface area contributed by atoms with Crippen molar-refractivity contribution in [1.29, 1.82) is 0 Å². The lowest BCUT2D eigenvalue weighted by Gasteiger charge is -2.22. The zero-order valence-electron chi connectivity index (χ0n) is 12.0. The van der Waals surface area contributed by atoms with Gasteiger partial charge in [-0.1, -0.05) is 52.7 Å². The van der Waals surface area contributed by atoms with E-state index in [-0.39, 0.29) is 5.91 Å².